The largest absolute Gasteiger partial charge is 0.464 e. The number of nitrogens with zero attached hydrogens (tertiary/aromatic N) is 2. The Balaban J connectivity index is 2.21. The van der Waals surface area contributed by atoms with E-state index in [1.807, 2.05) is 0 Å². The van der Waals surface area contributed by atoms with Gasteiger partial charge in [0.15, 0.2) is 0 Å². The molecule has 1 amide bonds. The lowest BCUT2D eigenvalue weighted by molar-refractivity contribution is -0.157. The number of hydrogen-bond donors (Lipinski definition) is 1. The first-order valence-electron chi connectivity index (χ1n) is 7.42. The second kappa shape index (κ2) is 8.00. The molecule has 8 nitrogen and oxygen atoms in total. The average molecular weight is 331 g/mol. The Kier molecular flexibility index (Phi) is 5.78. The Bertz CT molecular complexity index is 744. The van der Waals surface area contributed by atoms with E-state index in [0.29, 0.717) is 11.0 Å². The number of aromatic nitrogens is 2. The summed E-state index contributed by atoms with van der Waals surface area (Å²) in [6.07, 6.45) is 1.27. The van der Waals surface area contributed by atoms with E-state index in [4.69, 9.17) is 9.47 Å². The number of para-hydroxylation sites is 2. The standard InChI is InChI=1S/C16H17N3O5/c1-3-23-15(21)13(16(22)24-4-2)19-14(20)12-9-17-10-7-5-6-8-11(10)18-12/h5-9,13H,3-4H2,1-2H3,(H,19,20). The van der Waals surface area contributed by atoms with Gasteiger partial charge in [-0.25, -0.2) is 14.6 Å². The van der Waals surface area contributed by atoms with Crippen molar-refractivity contribution in [1.82, 2.24) is 15.3 Å². The highest BCUT2D eigenvalue weighted by Gasteiger charge is 2.32. The summed E-state index contributed by atoms with van der Waals surface area (Å²) < 4.78 is 9.58. The van der Waals surface area contributed by atoms with Crippen molar-refractivity contribution in [1.29, 1.82) is 0 Å². The number of amides is 1. The third kappa shape index (κ3) is 4.03. The number of nitrogens with one attached hydrogen (secondary N) is 1. The van der Waals surface area contributed by atoms with Gasteiger partial charge in [-0.1, -0.05) is 12.1 Å². The minimum absolute atomic E-state index is 0.0210. The molecule has 1 aromatic heterocycles. The predicted molar refractivity (Wildman–Crippen MR) is 84.1 cm³/mol. The number of carbonyl (C=O) groups is 3. The minimum atomic E-state index is -1.55. The summed E-state index contributed by atoms with van der Waals surface area (Å²) in [6.45, 7) is 3.33. The number of rotatable bonds is 6. The maximum atomic E-state index is 12.3. The van der Waals surface area contributed by atoms with Crippen LogP contribution in [0.3, 0.4) is 0 Å². The third-order valence-electron chi connectivity index (χ3n) is 3.00. The molecule has 0 atom stereocenters. The van der Waals surface area contributed by atoms with Gasteiger partial charge in [-0.3, -0.25) is 9.78 Å². The maximum absolute atomic E-state index is 12.3. The number of carbonyl (C=O) groups excluding carboxylic acids is 3. The molecule has 0 unspecified atom stereocenters. The summed E-state index contributed by atoms with van der Waals surface area (Å²) in [6, 6.07) is 5.47. The molecule has 0 fully saturated rings. The third-order valence-corrected chi connectivity index (χ3v) is 3.00. The minimum Gasteiger partial charge on any atom is -0.464 e. The van der Waals surface area contributed by atoms with Crippen LogP contribution < -0.4 is 5.32 Å². The molecule has 1 heterocycles. The van der Waals surface area contributed by atoms with E-state index in [-0.39, 0.29) is 18.9 Å². The number of fused-ring (bicyclic) bond motifs is 1. The lowest BCUT2D eigenvalue weighted by Gasteiger charge is -2.15. The topological polar surface area (TPSA) is 107 Å². The molecule has 126 valence electrons. The Hall–Kier alpha value is -3.03. The second-order valence-electron chi connectivity index (χ2n) is 4.65. The molecular weight excluding hydrogens is 314 g/mol. The van der Waals surface area contributed by atoms with Gasteiger partial charge in [0.1, 0.15) is 5.69 Å². The first-order chi connectivity index (χ1) is 11.6. The average Bonchev–Trinajstić information content (AvgIpc) is 2.59. The maximum Gasteiger partial charge on any atom is 0.340 e. The number of ether oxygens (including phenoxy) is 2. The fourth-order valence-electron chi connectivity index (χ4n) is 1.94. The van der Waals surface area contributed by atoms with Gasteiger partial charge >= 0.3 is 11.9 Å². The molecule has 0 spiro atoms. The number of esters is 2. The first kappa shape index (κ1) is 17.3. The Morgan fingerprint density at radius 1 is 1.04 bits per heavy atom. The fraction of sp³-hybridized carbons (Fsp3) is 0.312. The van der Waals surface area contributed by atoms with Crippen LogP contribution in [0, 0.1) is 0 Å². The van der Waals surface area contributed by atoms with Crippen molar-refractivity contribution in [2.24, 2.45) is 0 Å². The monoisotopic (exact) mass is 331 g/mol. The van der Waals surface area contributed by atoms with Crippen molar-refractivity contribution >= 4 is 28.9 Å². The van der Waals surface area contributed by atoms with Gasteiger partial charge in [0.2, 0.25) is 6.04 Å². The summed E-state index contributed by atoms with van der Waals surface area (Å²) in [4.78, 5) is 44.3. The highest BCUT2D eigenvalue weighted by Crippen LogP contribution is 2.08. The van der Waals surface area contributed by atoms with Crippen molar-refractivity contribution in [3.05, 3.63) is 36.2 Å². The summed E-state index contributed by atoms with van der Waals surface area (Å²) in [5.74, 6) is -2.50. The van der Waals surface area contributed by atoms with Crippen LogP contribution in [0.25, 0.3) is 11.0 Å². The van der Waals surface area contributed by atoms with Crippen molar-refractivity contribution in [3.8, 4) is 0 Å². The molecular formula is C16H17N3O5. The van der Waals surface area contributed by atoms with E-state index >= 15 is 0 Å². The van der Waals surface area contributed by atoms with Gasteiger partial charge in [-0.15, -0.1) is 0 Å². The molecule has 24 heavy (non-hydrogen) atoms. The lowest BCUT2D eigenvalue weighted by atomic mass is 10.2. The van der Waals surface area contributed by atoms with E-state index in [2.05, 4.69) is 15.3 Å². The molecule has 1 N–H and O–H groups in total. The van der Waals surface area contributed by atoms with Gasteiger partial charge < -0.3 is 14.8 Å². The van der Waals surface area contributed by atoms with Crippen LogP contribution in [0.4, 0.5) is 0 Å². The van der Waals surface area contributed by atoms with Gasteiger partial charge in [0, 0.05) is 0 Å². The van der Waals surface area contributed by atoms with Crippen LogP contribution in [0.15, 0.2) is 30.5 Å². The molecule has 0 saturated heterocycles. The molecule has 2 aromatic rings. The number of benzene rings is 1. The smallest absolute Gasteiger partial charge is 0.340 e. The van der Waals surface area contributed by atoms with Crippen LogP contribution in [0.5, 0.6) is 0 Å². The first-order valence-corrected chi connectivity index (χ1v) is 7.42. The van der Waals surface area contributed by atoms with E-state index < -0.39 is 23.9 Å². The van der Waals surface area contributed by atoms with Crippen molar-refractivity contribution in [3.63, 3.8) is 0 Å². The van der Waals surface area contributed by atoms with Crippen molar-refractivity contribution < 1.29 is 23.9 Å². The molecule has 0 aliphatic rings. The van der Waals surface area contributed by atoms with Crippen LogP contribution in [-0.2, 0) is 19.1 Å². The number of hydrogen-bond acceptors (Lipinski definition) is 7. The zero-order valence-corrected chi connectivity index (χ0v) is 13.3. The Morgan fingerprint density at radius 3 is 2.21 bits per heavy atom. The zero-order chi connectivity index (χ0) is 17.5. The van der Waals surface area contributed by atoms with E-state index in [1.165, 1.54) is 6.20 Å². The van der Waals surface area contributed by atoms with E-state index in [1.54, 1.807) is 38.1 Å². The quantitative estimate of drug-likeness (QED) is 0.617. The summed E-state index contributed by atoms with van der Waals surface area (Å²) >= 11 is 0. The SMILES string of the molecule is CCOC(=O)C(NC(=O)c1cnc2ccccc2n1)C(=O)OCC. The summed E-state index contributed by atoms with van der Waals surface area (Å²) in [7, 11) is 0. The highest BCUT2D eigenvalue weighted by molar-refractivity contribution is 6.05. The molecule has 2 rings (SSSR count). The predicted octanol–water partition coefficient (Wildman–Crippen LogP) is 0.854. The molecule has 1 aromatic carbocycles. The molecule has 8 heteroatoms. The van der Waals surface area contributed by atoms with Gasteiger partial charge in [-0.05, 0) is 26.0 Å². The van der Waals surface area contributed by atoms with Gasteiger partial charge in [0.25, 0.3) is 5.91 Å². The zero-order valence-electron chi connectivity index (χ0n) is 13.3. The van der Waals surface area contributed by atoms with Gasteiger partial charge in [0.05, 0.1) is 30.4 Å². The van der Waals surface area contributed by atoms with Crippen LogP contribution >= 0.6 is 0 Å². The Morgan fingerprint density at radius 2 is 1.62 bits per heavy atom. The molecule has 0 saturated carbocycles. The second-order valence-corrected chi connectivity index (χ2v) is 4.65. The normalized spacial score (nSPS) is 10.5. The van der Waals surface area contributed by atoms with E-state index in [0.717, 1.165) is 0 Å². The van der Waals surface area contributed by atoms with Crippen LogP contribution in [-0.4, -0.2) is 47.1 Å². The summed E-state index contributed by atoms with van der Waals surface area (Å²) in [5.41, 5.74) is 1.13. The fourth-order valence-corrected chi connectivity index (χ4v) is 1.94. The van der Waals surface area contributed by atoms with Crippen LogP contribution in [0.2, 0.25) is 0 Å². The summed E-state index contributed by atoms with van der Waals surface area (Å²) in [5, 5.41) is 2.28. The van der Waals surface area contributed by atoms with Gasteiger partial charge in [-0.2, -0.15) is 0 Å². The molecule has 0 radical (unpaired) electrons. The molecule has 0 aliphatic heterocycles. The van der Waals surface area contributed by atoms with Crippen molar-refractivity contribution in [2.45, 2.75) is 19.9 Å². The van der Waals surface area contributed by atoms with Crippen LogP contribution in [0.1, 0.15) is 24.3 Å². The van der Waals surface area contributed by atoms with Crippen molar-refractivity contribution in [2.75, 3.05) is 13.2 Å². The lowest BCUT2D eigenvalue weighted by Crippen LogP contribution is -2.48. The van der Waals surface area contributed by atoms with E-state index in [9.17, 15) is 14.4 Å². The molecule has 0 aliphatic carbocycles. The molecule has 0 bridgehead atoms. The Labute approximate surface area is 138 Å². The highest BCUT2D eigenvalue weighted by atomic mass is 16.6.